The zero-order valence-electron chi connectivity index (χ0n) is 14.6. The van der Waals surface area contributed by atoms with Crippen LogP contribution in [0.4, 0.5) is 0 Å². The molecule has 25 heavy (non-hydrogen) atoms. The lowest BCUT2D eigenvalue weighted by Crippen LogP contribution is -2.32. The van der Waals surface area contributed by atoms with E-state index >= 15 is 0 Å². The number of nitrogens with one attached hydrogen (secondary N) is 1. The lowest BCUT2D eigenvalue weighted by atomic mass is 9.86. The minimum absolute atomic E-state index is 0.0685. The van der Waals surface area contributed by atoms with Gasteiger partial charge in [0.15, 0.2) is 4.96 Å². The van der Waals surface area contributed by atoms with Crippen molar-refractivity contribution in [1.29, 1.82) is 0 Å². The second-order valence-electron chi connectivity index (χ2n) is 6.99. The highest BCUT2D eigenvalue weighted by Crippen LogP contribution is 2.22. The van der Waals surface area contributed by atoms with Gasteiger partial charge in [0, 0.05) is 24.3 Å². The quantitative estimate of drug-likeness (QED) is 0.782. The smallest absolute Gasteiger partial charge is 0.271 e. The molecule has 2 aromatic heterocycles. The summed E-state index contributed by atoms with van der Waals surface area (Å²) < 4.78 is 1.39. The number of fused-ring (bicyclic) bond motifs is 1. The van der Waals surface area contributed by atoms with E-state index in [9.17, 15) is 9.59 Å². The van der Waals surface area contributed by atoms with Gasteiger partial charge in [-0.2, -0.15) is 0 Å². The average Bonchev–Trinajstić information content (AvgIpc) is 3.04. The van der Waals surface area contributed by atoms with E-state index in [1.54, 1.807) is 11.6 Å². The number of hydrogen-bond donors (Lipinski definition) is 1. The van der Waals surface area contributed by atoms with E-state index < -0.39 is 0 Å². The molecule has 0 saturated heterocycles. The summed E-state index contributed by atoms with van der Waals surface area (Å²) in [6.07, 6.45) is 3.69. The van der Waals surface area contributed by atoms with Crippen molar-refractivity contribution in [3.05, 3.63) is 69.1 Å². The number of aromatic nitrogens is 2. The van der Waals surface area contributed by atoms with Gasteiger partial charge in [0.1, 0.15) is 5.56 Å². The van der Waals surface area contributed by atoms with Crippen molar-refractivity contribution < 1.29 is 4.79 Å². The van der Waals surface area contributed by atoms with Crippen LogP contribution in [0.2, 0.25) is 0 Å². The minimum Gasteiger partial charge on any atom is -0.351 e. The predicted molar refractivity (Wildman–Crippen MR) is 101 cm³/mol. The molecule has 1 amide bonds. The zero-order chi connectivity index (χ0) is 18.0. The summed E-state index contributed by atoms with van der Waals surface area (Å²) in [5.74, 6) is -0.385. The molecule has 0 fully saturated rings. The Morgan fingerprint density at radius 2 is 1.96 bits per heavy atom. The molecule has 0 unspecified atom stereocenters. The number of thiazole rings is 1. The van der Waals surface area contributed by atoms with Gasteiger partial charge in [0.05, 0.1) is 0 Å². The summed E-state index contributed by atoms with van der Waals surface area (Å²) in [4.78, 5) is 29.2. The Morgan fingerprint density at radius 3 is 2.64 bits per heavy atom. The molecule has 0 aliphatic rings. The van der Waals surface area contributed by atoms with Crippen LogP contribution in [0.25, 0.3) is 4.96 Å². The lowest BCUT2D eigenvalue weighted by molar-refractivity contribution is 0.0952. The zero-order valence-corrected chi connectivity index (χ0v) is 15.4. The lowest BCUT2D eigenvalue weighted by Gasteiger charge is -2.19. The van der Waals surface area contributed by atoms with Gasteiger partial charge in [0.2, 0.25) is 0 Å². The van der Waals surface area contributed by atoms with E-state index in [1.165, 1.54) is 27.5 Å². The summed E-state index contributed by atoms with van der Waals surface area (Å²) in [5, 5.41) is 4.57. The van der Waals surface area contributed by atoms with Crippen LogP contribution in [-0.4, -0.2) is 21.8 Å². The van der Waals surface area contributed by atoms with Gasteiger partial charge in [-0.1, -0.05) is 45.0 Å². The molecule has 5 nitrogen and oxygen atoms in total. The number of carbonyl (C=O) groups is 1. The molecule has 0 spiro atoms. The molecule has 1 aromatic carbocycles. The van der Waals surface area contributed by atoms with Gasteiger partial charge in [-0.3, -0.25) is 14.0 Å². The van der Waals surface area contributed by atoms with Crippen molar-refractivity contribution in [2.45, 2.75) is 32.6 Å². The van der Waals surface area contributed by atoms with E-state index in [-0.39, 0.29) is 22.4 Å². The van der Waals surface area contributed by atoms with Crippen molar-refractivity contribution >= 4 is 22.2 Å². The fraction of sp³-hybridized carbons (Fsp3) is 0.316. The summed E-state index contributed by atoms with van der Waals surface area (Å²) in [5.41, 5.74) is 2.29. The number of rotatable bonds is 4. The standard InChI is InChI=1S/C19H21N3O2S/c1-19(2,3)14-6-4-13(5-7-14)8-9-20-16(23)15-12-21-18-22(17(15)24)10-11-25-18/h4-7,10-12H,8-9H2,1-3H3,(H,20,23). The second-order valence-corrected chi connectivity index (χ2v) is 7.86. The van der Waals surface area contributed by atoms with E-state index in [0.717, 1.165) is 5.56 Å². The maximum atomic E-state index is 12.3. The van der Waals surface area contributed by atoms with E-state index in [0.29, 0.717) is 17.9 Å². The fourth-order valence-corrected chi connectivity index (χ4v) is 3.24. The molecule has 0 bridgehead atoms. The predicted octanol–water partition coefficient (Wildman–Crippen LogP) is 3.03. The highest BCUT2D eigenvalue weighted by molar-refractivity contribution is 7.15. The second kappa shape index (κ2) is 6.80. The third-order valence-electron chi connectivity index (χ3n) is 4.11. The van der Waals surface area contributed by atoms with Gasteiger partial charge in [0.25, 0.3) is 11.5 Å². The number of carbonyl (C=O) groups excluding carboxylic acids is 1. The molecule has 1 N–H and O–H groups in total. The van der Waals surface area contributed by atoms with Crippen molar-refractivity contribution in [1.82, 2.24) is 14.7 Å². The van der Waals surface area contributed by atoms with E-state index in [2.05, 4.69) is 55.3 Å². The average molecular weight is 355 g/mol. The highest BCUT2D eigenvalue weighted by atomic mass is 32.1. The molecule has 2 heterocycles. The van der Waals surface area contributed by atoms with Crippen LogP contribution in [0.1, 0.15) is 42.3 Å². The third-order valence-corrected chi connectivity index (χ3v) is 4.88. The van der Waals surface area contributed by atoms with Crippen LogP contribution in [-0.2, 0) is 11.8 Å². The molecular formula is C19H21N3O2S. The largest absolute Gasteiger partial charge is 0.351 e. The molecule has 0 atom stereocenters. The number of hydrogen-bond acceptors (Lipinski definition) is 4. The Bertz CT molecular complexity index is 949. The van der Waals surface area contributed by atoms with Gasteiger partial charge in [-0.05, 0) is 23.0 Å². The maximum Gasteiger partial charge on any atom is 0.271 e. The van der Waals surface area contributed by atoms with Crippen LogP contribution in [0, 0.1) is 0 Å². The number of nitrogens with zero attached hydrogens (tertiary/aromatic N) is 2. The summed E-state index contributed by atoms with van der Waals surface area (Å²) in [6, 6.07) is 8.41. The Hall–Kier alpha value is -2.47. The summed E-state index contributed by atoms with van der Waals surface area (Å²) in [7, 11) is 0. The maximum absolute atomic E-state index is 12.3. The highest BCUT2D eigenvalue weighted by Gasteiger charge is 2.14. The molecule has 0 saturated carbocycles. The first-order valence-corrected chi connectivity index (χ1v) is 9.07. The van der Waals surface area contributed by atoms with Crippen molar-refractivity contribution in [2.24, 2.45) is 0 Å². The van der Waals surface area contributed by atoms with Gasteiger partial charge in [-0.15, -0.1) is 11.3 Å². The van der Waals surface area contributed by atoms with Gasteiger partial charge < -0.3 is 5.32 Å². The van der Waals surface area contributed by atoms with Crippen LogP contribution >= 0.6 is 11.3 Å². The monoisotopic (exact) mass is 355 g/mol. The Labute approximate surface area is 150 Å². The van der Waals surface area contributed by atoms with Gasteiger partial charge in [-0.25, -0.2) is 4.98 Å². The van der Waals surface area contributed by atoms with Crippen LogP contribution in [0.15, 0.2) is 46.8 Å². The molecule has 130 valence electrons. The molecule has 6 heteroatoms. The minimum atomic E-state index is -0.385. The SMILES string of the molecule is CC(C)(C)c1ccc(CCNC(=O)c2cnc3sccn3c2=O)cc1. The molecular weight excluding hydrogens is 334 g/mol. The Morgan fingerprint density at radius 1 is 1.24 bits per heavy atom. The fourth-order valence-electron chi connectivity index (χ4n) is 2.57. The first-order valence-electron chi connectivity index (χ1n) is 8.19. The molecule has 0 radical (unpaired) electrons. The van der Waals surface area contributed by atoms with Crippen LogP contribution in [0.3, 0.4) is 0 Å². The van der Waals surface area contributed by atoms with Crippen molar-refractivity contribution in [3.8, 4) is 0 Å². The molecule has 3 rings (SSSR count). The van der Waals surface area contributed by atoms with E-state index in [1.807, 2.05) is 0 Å². The number of benzene rings is 1. The Kier molecular flexibility index (Phi) is 4.72. The third kappa shape index (κ3) is 3.79. The normalized spacial score (nSPS) is 11.6. The summed E-state index contributed by atoms with van der Waals surface area (Å²) in [6.45, 7) is 7.01. The van der Waals surface area contributed by atoms with Crippen molar-refractivity contribution in [3.63, 3.8) is 0 Å². The first kappa shape index (κ1) is 17.4. The first-order chi connectivity index (χ1) is 11.9. The molecule has 0 aliphatic carbocycles. The number of amides is 1. The Balaban J connectivity index is 1.62. The molecule has 0 aliphatic heterocycles. The topological polar surface area (TPSA) is 63.5 Å². The summed E-state index contributed by atoms with van der Waals surface area (Å²) >= 11 is 1.36. The van der Waals surface area contributed by atoms with Crippen LogP contribution < -0.4 is 10.9 Å². The van der Waals surface area contributed by atoms with Gasteiger partial charge >= 0.3 is 0 Å². The van der Waals surface area contributed by atoms with E-state index in [4.69, 9.17) is 0 Å². The molecule has 3 aromatic rings. The van der Waals surface area contributed by atoms with Crippen LogP contribution in [0.5, 0.6) is 0 Å². The van der Waals surface area contributed by atoms with Crippen molar-refractivity contribution in [2.75, 3.05) is 6.54 Å².